The number of carbonyl (C=O) groups excluding carboxylic acids is 2. The normalized spacial score (nSPS) is 10.9. The van der Waals surface area contributed by atoms with E-state index in [4.69, 9.17) is 5.73 Å². The third kappa shape index (κ3) is 4.39. The van der Waals surface area contributed by atoms with Crippen LogP contribution in [-0.4, -0.2) is 35.5 Å². The lowest BCUT2D eigenvalue weighted by Crippen LogP contribution is -2.41. The van der Waals surface area contributed by atoms with Gasteiger partial charge in [0.05, 0.1) is 18.2 Å². The smallest absolute Gasteiger partial charge is 0.354 e. The third-order valence-corrected chi connectivity index (χ3v) is 5.09. The van der Waals surface area contributed by atoms with Gasteiger partial charge in [0, 0.05) is 23.7 Å². The highest BCUT2D eigenvalue weighted by Crippen LogP contribution is 2.30. The Balaban J connectivity index is 0.00000312. The fraction of sp³-hybridized carbons (Fsp3) is 0.438. The Morgan fingerprint density at radius 1 is 1.40 bits per heavy atom. The molecule has 0 unspecified atom stereocenters. The summed E-state index contributed by atoms with van der Waals surface area (Å²) in [4.78, 5) is 31.2. The summed E-state index contributed by atoms with van der Waals surface area (Å²) in [5.41, 5.74) is 7.01. The minimum Gasteiger partial charge on any atom is -0.464 e. The highest BCUT2D eigenvalue weighted by Gasteiger charge is 2.33. The molecule has 0 bridgehead atoms. The number of halogens is 1. The topological polar surface area (TPSA) is 110 Å². The van der Waals surface area contributed by atoms with Crippen LogP contribution >= 0.6 is 23.7 Å². The Kier molecular flexibility index (Phi) is 7.60. The molecule has 0 atom stereocenters. The Hall–Kier alpha value is -1.90. The zero-order chi connectivity index (χ0) is 17.7. The molecule has 0 saturated heterocycles. The number of anilines is 1. The van der Waals surface area contributed by atoms with Crippen LogP contribution in [0.25, 0.3) is 11.3 Å². The highest BCUT2D eigenvalue weighted by molar-refractivity contribution is 7.14. The molecule has 25 heavy (non-hydrogen) atoms. The molecular formula is C16H23ClN4O3S. The van der Waals surface area contributed by atoms with E-state index in [1.807, 2.05) is 19.2 Å². The number of hydrogen-bond acceptors (Lipinski definition) is 6. The van der Waals surface area contributed by atoms with Crippen molar-refractivity contribution in [3.8, 4) is 11.3 Å². The summed E-state index contributed by atoms with van der Waals surface area (Å²) in [7, 11) is 1.32. The van der Waals surface area contributed by atoms with Gasteiger partial charge in [-0.25, -0.2) is 9.78 Å². The van der Waals surface area contributed by atoms with Gasteiger partial charge in [-0.05, 0) is 18.9 Å². The number of nitrogens with two attached hydrogens (primary N) is 1. The molecular weight excluding hydrogens is 364 g/mol. The van der Waals surface area contributed by atoms with Crippen LogP contribution in [0.5, 0.6) is 0 Å². The molecule has 0 aromatic carbocycles. The predicted molar refractivity (Wildman–Crippen MR) is 101 cm³/mol. The van der Waals surface area contributed by atoms with Gasteiger partial charge in [0.1, 0.15) is 5.69 Å². The lowest BCUT2D eigenvalue weighted by molar-refractivity contribution is -0.125. The molecule has 7 nitrogen and oxygen atoms in total. The molecule has 138 valence electrons. The number of rotatable bonds is 7. The molecule has 2 aromatic heterocycles. The van der Waals surface area contributed by atoms with E-state index in [1.165, 1.54) is 18.4 Å². The fourth-order valence-corrected chi connectivity index (χ4v) is 3.13. The van der Waals surface area contributed by atoms with E-state index in [0.717, 1.165) is 5.56 Å². The number of nitrogens with zero attached hydrogens (tertiary/aromatic N) is 1. The monoisotopic (exact) mass is 386 g/mol. The molecule has 2 heterocycles. The van der Waals surface area contributed by atoms with Crippen LogP contribution in [0.3, 0.4) is 0 Å². The molecule has 0 spiro atoms. The molecule has 1 amide bonds. The fourth-order valence-electron chi connectivity index (χ4n) is 2.42. The molecule has 4 N–H and O–H groups in total. The van der Waals surface area contributed by atoms with Crippen LogP contribution in [0, 0.1) is 5.41 Å². The van der Waals surface area contributed by atoms with Gasteiger partial charge in [-0.15, -0.1) is 23.7 Å². The largest absolute Gasteiger partial charge is 0.464 e. The van der Waals surface area contributed by atoms with Crippen molar-refractivity contribution in [3.63, 3.8) is 0 Å². The van der Waals surface area contributed by atoms with Gasteiger partial charge >= 0.3 is 5.97 Å². The molecule has 2 aromatic rings. The highest BCUT2D eigenvalue weighted by atomic mass is 35.5. The Morgan fingerprint density at radius 3 is 2.64 bits per heavy atom. The maximum absolute atomic E-state index is 12.5. The van der Waals surface area contributed by atoms with Gasteiger partial charge < -0.3 is 20.8 Å². The Labute approximate surface area is 156 Å². The van der Waals surface area contributed by atoms with Crippen molar-refractivity contribution in [2.75, 3.05) is 19.0 Å². The zero-order valence-corrected chi connectivity index (χ0v) is 16.1. The number of aromatic nitrogens is 2. The minimum absolute atomic E-state index is 0. The van der Waals surface area contributed by atoms with E-state index in [2.05, 4.69) is 20.0 Å². The second-order valence-corrected chi connectivity index (χ2v) is 6.34. The summed E-state index contributed by atoms with van der Waals surface area (Å²) in [6.45, 7) is 4.21. The molecule has 0 aliphatic carbocycles. The van der Waals surface area contributed by atoms with E-state index in [-0.39, 0.29) is 18.3 Å². The van der Waals surface area contributed by atoms with Crippen molar-refractivity contribution in [2.45, 2.75) is 26.7 Å². The number of hydrogen-bond donors (Lipinski definition) is 3. The molecule has 0 saturated carbocycles. The number of methoxy groups -OCH3 is 1. The molecule has 0 radical (unpaired) electrons. The maximum atomic E-state index is 12.5. The van der Waals surface area contributed by atoms with E-state index in [9.17, 15) is 9.59 Å². The molecule has 0 fully saturated rings. The maximum Gasteiger partial charge on any atom is 0.354 e. The summed E-state index contributed by atoms with van der Waals surface area (Å²) in [5.74, 6) is -0.552. The van der Waals surface area contributed by atoms with E-state index in [0.29, 0.717) is 35.9 Å². The predicted octanol–water partition coefficient (Wildman–Crippen LogP) is 3.05. The van der Waals surface area contributed by atoms with Crippen molar-refractivity contribution >= 4 is 40.8 Å². The van der Waals surface area contributed by atoms with Gasteiger partial charge in [-0.1, -0.05) is 13.8 Å². The molecule has 0 aliphatic rings. The summed E-state index contributed by atoms with van der Waals surface area (Å²) in [6, 6.07) is 1.66. The van der Waals surface area contributed by atoms with Crippen molar-refractivity contribution in [3.05, 3.63) is 23.3 Å². The van der Waals surface area contributed by atoms with Gasteiger partial charge in [-0.2, -0.15) is 0 Å². The Morgan fingerprint density at radius 2 is 2.08 bits per heavy atom. The van der Waals surface area contributed by atoms with E-state index >= 15 is 0 Å². The first-order valence-electron chi connectivity index (χ1n) is 7.73. The van der Waals surface area contributed by atoms with Crippen molar-refractivity contribution in [1.29, 1.82) is 0 Å². The van der Waals surface area contributed by atoms with Crippen molar-refractivity contribution in [2.24, 2.45) is 11.1 Å². The first-order chi connectivity index (χ1) is 11.5. The number of ether oxygens (including phenoxy) is 1. The van der Waals surface area contributed by atoms with Gasteiger partial charge in [-0.3, -0.25) is 4.79 Å². The van der Waals surface area contributed by atoms with Gasteiger partial charge in [0.15, 0.2) is 5.13 Å². The van der Waals surface area contributed by atoms with Gasteiger partial charge in [0.25, 0.3) is 0 Å². The van der Waals surface area contributed by atoms with Crippen molar-refractivity contribution in [1.82, 2.24) is 9.97 Å². The summed E-state index contributed by atoms with van der Waals surface area (Å²) < 4.78 is 4.66. The van der Waals surface area contributed by atoms with Crippen LogP contribution in [0.2, 0.25) is 0 Å². The van der Waals surface area contributed by atoms with Crippen LogP contribution in [-0.2, 0) is 9.53 Å². The zero-order valence-electron chi connectivity index (χ0n) is 14.4. The number of amides is 1. The number of esters is 1. The quantitative estimate of drug-likeness (QED) is 0.633. The van der Waals surface area contributed by atoms with E-state index in [1.54, 1.807) is 12.3 Å². The summed E-state index contributed by atoms with van der Waals surface area (Å²) in [5, 5.41) is 5.18. The molecule has 0 aliphatic heterocycles. The van der Waals surface area contributed by atoms with Crippen LogP contribution in [0.4, 0.5) is 5.13 Å². The second kappa shape index (κ2) is 8.98. The number of carbonyl (C=O) groups is 2. The van der Waals surface area contributed by atoms with Crippen molar-refractivity contribution < 1.29 is 14.3 Å². The standard InChI is InChI=1S/C16H22N4O3S.ClH/c1-4-16(5-2,9-17)14(22)20-15-19-12(8-24-15)10-6-11(18-7-10)13(21)23-3;/h6-8,18H,4-5,9,17H2,1-3H3,(H,19,20,22);1H. The number of thiazole rings is 1. The first-order valence-corrected chi connectivity index (χ1v) is 8.61. The molecule has 2 rings (SSSR count). The first kappa shape index (κ1) is 21.1. The second-order valence-electron chi connectivity index (χ2n) is 5.48. The van der Waals surface area contributed by atoms with Crippen LogP contribution < -0.4 is 11.1 Å². The Bertz CT molecular complexity index is 716. The average molecular weight is 387 g/mol. The lowest BCUT2D eigenvalue weighted by atomic mass is 9.81. The SMILES string of the molecule is CCC(CC)(CN)C(=O)Nc1nc(-c2c[nH]c(C(=O)OC)c2)cs1.Cl. The summed E-state index contributed by atoms with van der Waals surface area (Å²) >= 11 is 1.33. The van der Waals surface area contributed by atoms with E-state index < -0.39 is 11.4 Å². The van der Waals surface area contributed by atoms with Gasteiger partial charge in [0.2, 0.25) is 5.91 Å². The van der Waals surface area contributed by atoms with Crippen LogP contribution in [0.15, 0.2) is 17.6 Å². The number of aromatic amines is 1. The summed E-state index contributed by atoms with van der Waals surface area (Å²) in [6.07, 6.45) is 3.02. The van der Waals surface area contributed by atoms with Crippen LogP contribution in [0.1, 0.15) is 37.2 Å². The number of H-pyrrole nitrogens is 1. The average Bonchev–Trinajstić information content (AvgIpc) is 3.25. The third-order valence-electron chi connectivity index (χ3n) is 4.33. The minimum atomic E-state index is -0.571. The number of nitrogens with one attached hydrogen (secondary N) is 2. The lowest BCUT2D eigenvalue weighted by Gasteiger charge is -2.27. The molecule has 9 heteroatoms.